The highest BCUT2D eigenvalue weighted by Gasteiger charge is 2.15. The highest BCUT2D eigenvalue weighted by molar-refractivity contribution is 8.11. The van der Waals surface area contributed by atoms with Crippen molar-refractivity contribution < 1.29 is 4.39 Å². The zero-order valence-electron chi connectivity index (χ0n) is 12.3. The van der Waals surface area contributed by atoms with Gasteiger partial charge in [0.25, 0.3) is 0 Å². The van der Waals surface area contributed by atoms with Gasteiger partial charge in [0.2, 0.25) is 0 Å². The zero-order valence-corrected chi connectivity index (χ0v) is 14.1. The maximum absolute atomic E-state index is 13.9. The molecule has 24 heavy (non-hydrogen) atoms. The summed E-state index contributed by atoms with van der Waals surface area (Å²) in [5.74, 6) is -0.168. The van der Waals surface area contributed by atoms with Crippen LogP contribution in [0.15, 0.2) is 47.7 Å². The number of aromatic nitrogens is 3. The summed E-state index contributed by atoms with van der Waals surface area (Å²) in [6.45, 7) is 0.228. The summed E-state index contributed by atoms with van der Waals surface area (Å²) < 4.78 is 15.7. The van der Waals surface area contributed by atoms with E-state index in [-0.39, 0.29) is 22.5 Å². The molecule has 0 saturated carbocycles. The fraction of sp³-hybridized carbons (Fsp3) is 0.0667. The predicted octanol–water partition coefficient (Wildman–Crippen LogP) is 2.04. The number of nitrogens with one attached hydrogen (secondary N) is 1. The van der Waals surface area contributed by atoms with Crippen LogP contribution in [0.2, 0.25) is 0 Å². The van der Waals surface area contributed by atoms with Crippen LogP contribution in [0.3, 0.4) is 0 Å². The molecule has 3 N–H and O–H groups in total. The maximum Gasteiger partial charge on any atom is 0.172 e. The standard InChI is InChI=1S/C15H13FN6S2/c16-11-6-2-1-4-9(11)8-22-14-10(5-3-7-18-14)12(21-22)13(17)19-20-15(23)24/h1-7H,8H2,(H2,17,19)(H2,20,23,24). The van der Waals surface area contributed by atoms with Crippen molar-refractivity contribution >= 4 is 46.0 Å². The number of hydrogen-bond donors (Lipinski definition) is 3. The van der Waals surface area contributed by atoms with E-state index < -0.39 is 0 Å². The third-order valence-electron chi connectivity index (χ3n) is 3.30. The summed E-state index contributed by atoms with van der Waals surface area (Å²) >= 11 is 8.70. The fourth-order valence-electron chi connectivity index (χ4n) is 2.26. The maximum atomic E-state index is 13.9. The number of nitrogens with zero attached hydrogens (tertiary/aromatic N) is 4. The van der Waals surface area contributed by atoms with Gasteiger partial charge in [-0.2, -0.15) is 10.2 Å². The number of hydrogen-bond acceptors (Lipinski definition) is 4. The Labute approximate surface area is 148 Å². The minimum atomic E-state index is -0.303. The third-order valence-corrected chi connectivity index (χ3v) is 3.49. The smallest absolute Gasteiger partial charge is 0.172 e. The molecular weight excluding hydrogens is 347 g/mol. The van der Waals surface area contributed by atoms with E-state index in [4.69, 9.17) is 18.0 Å². The van der Waals surface area contributed by atoms with Crippen LogP contribution >= 0.6 is 24.8 Å². The Morgan fingerprint density at radius 3 is 2.88 bits per heavy atom. The Hall–Kier alpha value is -2.52. The molecule has 0 unspecified atom stereocenters. The van der Waals surface area contributed by atoms with Crippen LogP contribution in [-0.4, -0.2) is 24.9 Å². The van der Waals surface area contributed by atoms with E-state index in [1.54, 1.807) is 35.1 Å². The molecule has 122 valence electrons. The summed E-state index contributed by atoms with van der Waals surface area (Å²) in [5, 5.41) is 9.07. The van der Waals surface area contributed by atoms with E-state index in [0.29, 0.717) is 22.3 Å². The molecular formula is C15H13FN6S2. The molecule has 9 heteroatoms. The quantitative estimate of drug-likeness (QED) is 0.218. The molecule has 0 fully saturated rings. The fourth-order valence-corrected chi connectivity index (χ4v) is 2.35. The van der Waals surface area contributed by atoms with Crippen LogP contribution < -0.4 is 11.2 Å². The number of thiol groups is 1. The number of amidine groups is 1. The van der Waals surface area contributed by atoms with Gasteiger partial charge in [0.1, 0.15) is 11.5 Å². The Morgan fingerprint density at radius 2 is 2.12 bits per heavy atom. The molecule has 0 radical (unpaired) electrons. The van der Waals surface area contributed by atoms with Crippen LogP contribution in [0.5, 0.6) is 0 Å². The second-order valence-electron chi connectivity index (χ2n) is 4.89. The van der Waals surface area contributed by atoms with Crippen molar-refractivity contribution in [3.63, 3.8) is 0 Å². The molecule has 3 rings (SSSR count). The van der Waals surface area contributed by atoms with E-state index in [9.17, 15) is 4.39 Å². The first-order valence-corrected chi connectivity index (χ1v) is 7.79. The molecule has 0 saturated heterocycles. The number of nitrogens with two attached hydrogens (primary N) is 1. The van der Waals surface area contributed by atoms with Gasteiger partial charge >= 0.3 is 0 Å². The van der Waals surface area contributed by atoms with Gasteiger partial charge in [-0.05, 0) is 18.2 Å². The lowest BCUT2D eigenvalue weighted by atomic mass is 10.2. The number of rotatable bonds is 4. The van der Waals surface area contributed by atoms with Crippen molar-refractivity contribution in [2.75, 3.05) is 0 Å². The monoisotopic (exact) mass is 360 g/mol. The van der Waals surface area contributed by atoms with Crippen molar-refractivity contribution in [2.24, 2.45) is 10.8 Å². The molecule has 0 bridgehead atoms. The number of pyridine rings is 1. The first kappa shape index (κ1) is 16.3. The van der Waals surface area contributed by atoms with E-state index in [2.05, 4.69) is 33.2 Å². The van der Waals surface area contributed by atoms with Gasteiger partial charge in [0.15, 0.2) is 15.8 Å². The molecule has 2 heterocycles. The Bertz CT molecular complexity index is 937. The number of fused-ring (bicyclic) bond motifs is 1. The predicted molar refractivity (Wildman–Crippen MR) is 98.5 cm³/mol. The van der Waals surface area contributed by atoms with Crippen molar-refractivity contribution in [3.05, 3.63) is 59.7 Å². The van der Waals surface area contributed by atoms with Crippen LogP contribution in [-0.2, 0) is 6.54 Å². The lowest BCUT2D eigenvalue weighted by molar-refractivity contribution is 0.589. The van der Waals surface area contributed by atoms with E-state index >= 15 is 0 Å². The first-order chi connectivity index (χ1) is 11.6. The molecule has 0 aliphatic carbocycles. The normalized spacial score (nSPS) is 11.7. The second kappa shape index (κ2) is 6.93. The molecule has 0 aliphatic heterocycles. The van der Waals surface area contributed by atoms with Gasteiger partial charge in [0, 0.05) is 11.8 Å². The summed E-state index contributed by atoms with van der Waals surface area (Å²) in [6, 6.07) is 10.1. The molecule has 0 amide bonds. The van der Waals surface area contributed by atoms with Crippen LogP contribution in [0.1, 0.15) is 11.3 Å². The van der Waals surface area contributed by atoms with Gasteiger partial charge in [-0.3, -0.25) is 5.43 Å². The molecule has 1 aromatic carbocycles. The highest BCUT2D eigenvalue weighted by Crippen LogP contribution is 2.18. The average molecular weight is 360 g/mol. The SMILES string of the molecule is NC(=NNC(=S)S)c1nn(Cc2ccccc2F)c2ncccc12. The van der Waals surface area contributed by atoms with Crippen LogP contribution in [0, 0.1) is 5.82 Å². The summed E-state index contributed by atoms with van der Waals surface area (Å²) in [6.07, 6.45) is 1.64. The van der Waals surface area contributed by atoms with Crippen molar-refractivity contribution in [3.8, 4) is 0 Å². The number of benzene rings is 1. The van der Waals surface area contributed by atoms with E-state index in [0.717, 1.165) is 0 Å². The van der Waals surface area contributed by atoms with E-state index in [1.807, 2.05) is 6.07 Å². The summed E-state index contributed by atoms with van der Waals surface area (Å²) in [7, 11) is 0. The third kappa shape index (κ3) is 3.36. The number of hydrazone groups is 1. The van der Waals surface area contributed by atoms with E-state index in [1.165, 1.54) is 6.07 Å². The number of halogens is 1. The number of thiocarbonyl (C=S) groups is 1. The van der Waals surface area contributed by atoms with Gasteiger partial charge in [-0.15, -0.1) is 12.6 Å². The van der Waals surface area contributed by atoms with Gasteiger partial charge in [-0.1, -0.05) is 30.4 Å². The first-order valence-electron chi connectivity index (χ1n) is 6.93. The van der Waals surface area contributed by atoms with Gasteiger partial charge in [0.05, 0.1) is 11.9 Å². The van der Waals surface area contributed by atoms with Gasteiger partial charge < -0.3 is 5.73 Å². The van der Waals surface area contributed by atoms with Crippen LogP contribution in [0.25, 0.3) is 11.0 Å². The molecule has 0 spiro atoms. The lowest BCUT2D eigenvalue weighted by Gasteiger charge is -2.04. The van der Waals surface area contributed by atoms with Crippen molar-refractivity contribution in [2.45, 2.75) is 6.54 Å². The Balaban J connectivity index is 2.05. The molecule has 6 nitrogen and oxygen atoms in total. The topological polar surface area (TPSA) is 81.1 Å². The lowest BCUT2D eigenvalue weighted by Crippen LogP contribution is -2.21. The highest BCUT2D eigenvalue weighted by atomic mass is 32.1. The molecule has 0 aliphatic rings. The summed E-state index contributed by atoms with van der Waals surface area (Å²) in [5.41, 5.74) is 9.99. The Morgan fingerprint density at radius 1 is 1.33 bits per heavy atom. The minimum Gasteiger partial charge on any atom is -0.380 e. The molecule has 3 aromatic rings. The van der Waals surface area contributed by atoms with Crippen molar-refractivity contribution in [1.82, 2.24) is 20.2 Å². The summed E-state index contributed by atoms with van der Waals surface area (Å²) in [4.78, 5) is 4.31. The average Bonchev–Trinajstić information content (AvgIpc) is 2.94. The molecule has 0 atom stereocenters. The van der Waals surface area contributed by atoms with Crippen LogP contribution in [0.4, 0.5) is 4.39 Å². The molecule has 2 aromatic heterocycles. The zero-order chi connectivity index (χ0) is 17.1. The largest absolute Gasteiger partial charge is 0.380 e. The Kier molecular flexibility index (Phi) is 4.72. The minimum absolute atomic E-state index is 0.136. The van der Waals surface area contributed by atoms with Crippen molar-refractivity contribution in [1.29, 1.82) is 0 Å². The van der Waals surface area contributed by atoms with Gasteiger partial charge in [-0.25, -0.2) is 14.1 Å². The second-order valence-corrected chi connectivity index (χ2v) is 6.04.